The highest BCUT2D eigenvalue weighted by molar-refractivity contribution is 5.36. The molecule has 1 aliphatic rings. The Hall–Kier alpha value is -2.04. The molecule has 1 saturated heterocycles. The Morgan fingerprint density at radius 3 is 3.14 bits per heavy atom. The predicted molar refractivity (Wildman–Crippen MR) is 81.7 cm³/mol. The van der Waals surface area contributed by atoms with Crippen molar-refractivity contribution in [2.75, 3.05) is 6.54 Å². The third-order valence-electron chi connectivity index (χ3n) is 3.52. The van der Waals surface area contributed by atoms with Crippen LogP contribution in [0.4, 0.5) is 0 Å². The van der Waals surface area contributed by atoms with Crippen LogP contribution in [0, 0.1) is 23.2 Å². The molecule has 0 saturated carbocycles. The van der Waals surface area contributed by atoms with Gasteiger partial charge in [-0.05, 0) is 38.8 Å². The second kappa shape index (κ2) is 8.29. The first kappa shape index (κ1) is 15.4. The van der Waals surface area contributed by atoms with Gasteiger partial charge in [0, 0.05) is 30.6 Å². The summed E-state index contributed by atoms with van der Waals surface area (Å²) < 4.78 is 5.95. The molecule has 2 atom stereocenters. The van der Waals surface area contributed by atoms with E-state index in [0.717, 1.165) is 37.1 Å². The summed E-state index contributed by atoms with van der Waals surface area (Å²) in [6, 6.07) is 4.47. The van der Waals surface area contributed by atoms with E-state index in [0.29, 0.717) is 12.5 Å². The molecule has 0 aromatic carbocycles. The molecular weight excluding hydrogens is 262 g/mol. The van der Waals surface area contributed by atoms with Crippen LogP contribution < -0.4 is 10.1 Å². The van der Waals surface area contributed by atoms with Gasteiger partial charge in [-0.3, -0.25) is 4.98 Å². The summed E-state index contributed by atoms with van der Waals surface area (Å²) in [6.45, 7) is 3.16. The van der Waals surface area contributed by atoms with Crippen molar-refractivity contribution in [1.29, 1.82) is 5.26 Å². The number of aromatic nitrogens is 1. The molecule has 0 radical (unpaired) electrons. The quantitative estimate of drug-likeness (QED) is 0.666. The number of ether oxygens (including phenoxy) is 1. The van der Waals surface area contributed by atoms with Gasteiger partial charge in [-0.1, -0.05) is 11.8 Å². The second-order valence-electron chi connectivity index (χ2n) is 5.25. The summed E-state index contributed by atoms with van der Waals surface area (Å²) in [5.74, 6) is 6.90. The molecule has 4 nitrogen and oxygen atoms in total. The van der Waals surface area contributed by atoms with Crippen LogP contribution in [0.5, 0.6) is 5.75 Å². The van der Waals surface area contributed by atoms with Crippen molar-refractivity contribution in [2.45, 2.75) is 51.2 Å². The molecule has 1 aromatic heterocycles. The minimum atomic E-state index is 0.133. The maximum atomic E-state index is 8.46. The number of pyridine rings is 1. The first-order chi connectivity index (χ1) is 10.3. The van der Waals surface area contributed by atoms with Crippen molar-refractivity contribution in [3.8, 4) is 23.7 Å². The van der Waals surface area contributed by atoms with E-state index in [1.807, 2.05) is 6.07 Å². The largest absolute Gasteiger partial charge is 0.487 e. The molecule has 21 heavy (non-hydrogen) atoms. The molecule has 0 spiro atoms. The molecule has 1 fully saturated rings. The lowest BCUT2D eigenvalue weighted by molar-refractivity contribution is 0.179. The fourth-order valence-corrected chi connectivity index (χ4v) is 2.38. The number of rotatable bonds is 5. The molecule has 0 amide bonds. The van der Waals surface area contributed by atoms with Gasteiger partial charge in [0.1, 0.15) is 11.9 Å². The summed E-state index contributed by atoms with van der Waals surface area (Å²) in [5, 5.41) is 11.9. The number of unbranched alkanes of at least 4 members (excludes halogenated alkanes) is 2. The van der Waals surface area contributed by atoms with Gasteiger partial charge in [0.15, 0.2) is 0 Å². The summed E-state index contributed by atoms with van der Waals surface area (Å²) in [4.78, 5) is 4.18. The SMILES string of the molecule is CC(Oc1cncc(C#CCCCC#N)c1)[C@@H]1CCCN1. The molecular formula is C17H21N3O. The number of nitrogens with zero attached hydrogens (tertiary/aromatic N) is 2. The summed E-state index contributed by atoms with van der Waals surface area (Å²) >= 11 is 0. The Morgan fingerprint density at radius 2 is 2.38 bits per heavy atom. The second-order valence-corrected chi connectivity index (χ2v) is 5.25. The maximum Gasteiger partial charge on any atom is 0.139 e. The Labute approximate surface area is 126 Å². The normalized spacial score (nSPS) is 18.4. The van der Waals surface area contributed by atoms with Gasteiger partial charge in [0.2, 0.25) is 0 Å². The van der Waals surface area contributed by atoms with E-state index in [1.54, 1.807) is 12.4 Å². The lowest BCUT2D eigenvalue weighted by atomic mass is 10.1. The predicted octanol–water partition coefficient (Wildman–Crippen LogP) is 2.65. The fourth-order valence-electron chi connectivity index (χ4n) is 2.38. The number of hydrogen-bond acceptors (Lipinski definition) is 4. The van der Waals surface area contributed by atoms with Gasteiger partial charge in [0.05, 0.1) is 12.3 Å². The van der Waals surface area contributed by atoms with E-state index in [2.05, 4.69) is 35.1 Å². The average Bonchev–Trinajstić information content (AvgIpc) is 3.02. The molecule has 2 heterocycles. The molecule has 1 unspecified atom stereocenters. The fraction of sp³-hybridized carbons (Fsp3) is 0.529. The Morgan fingerprint density at radius 1 is 1.48 bits per heavy atom. The minimum absolute atomic E-state index is 0.133. The summed E-state index contributed by atoms with van der Waals surface area (Å²) in [7, 11) is 0. The van der Waals surface area contributed by atoms with Crippen molar-refractivity contribution in [3.63, 3.8) is 0 Å². The van der Waals surface area contributed by atoms with Crippen LogP contribution in [0.2, 0.25) is 0 Å². The number of hydrogen-bond donors (Lipinski definition) is 1. The van der Waals surface area contributed by atoms with Crippen LogP contribution in [-0.4, -0.2) is 23.7 Å². The van der Waals surface area contributed by atoms with Gasteiger partial charge in [-0.2, -0.15) is 5.26 Å². The molecule has 110 valence electrons. The molecule has 1 N–H and O–H groups in total. The highest BCUT2D eigenvalue weighted by atomic mass is 16.5. The maximum absolute atomic E-state index is 8.46. The molecule has 1 aliphatic heterocycles. The lowest BCUT2D eigenvalue weighted by Gasteiger charge is -2.20. The highest BCUT2D eigenvalue weighted by Gasteiger charge is 2.22. The third kappa shape index (κ3) is 5.10. The highest BCUT2D eigenvalue weighted by Crippen LogP contribution is 2.17. The standard InChI is InChI=1S/C17H21N3O/c1-14(17-8-6-10-20-17)21-16-11-15(12-19-13-16)7-4-2-3-5-9-18/h11-14,17,20H,2-3,5-6,8,10H2,1H3/t14?,17-/m0/s1. The van der Waals surface area contributed by atoms with Gasteiger partial charge < -0.3 is 10.1 Å². The monoisotopic (exact) mass is 283 g/mol. The Bertz CT molecular complexity index is 547. The van der Waals surface area contributed by atoms with E-state index >= 15 is 0 Å². The first-order valence-electron chi connectivity index (χ1n) is 7.50. The molecule has 0 bridgehead atoms. The molecule has 4 heteroatoms. The molecule has 1 aromatic rings. The Kier molecular flexibility index (Phi) is 6.06. The smallest absolute Gasteiger partial charge is 0.139 e. The van der Waals surface area contributed by atoms with E-state index in [-0.39, 0.29) is 6.10 Å². The molecule has 0 aliphatic carbocycles. The van der Waals surface area contributed by atoms with Crippen LogP contribution in [-0.2, 0) is 0 Å². The summed E-state index contributed by atoms with van der Waals surface area (Å²) in [6.07, 6.45) is 8.08. The molecule has 2 rings (SSSR count). The van der Waals surface area contributed by atoms with E-state index in [1.165, 1.54) is 6.42 Å². The summed E-state index contributed by atoms with van der Waals surface area (Å²) in [5.41, 5.74) is 0.857. The van der Waals surface area contributed by atoms with Crippen LogP contribution in [0.3, 0.4) is 0 Å². The van der Waals surface area contributed by atoms with Crippen molar-refractivity contribution in [1.82, 2.24) is 10.3 Å². The number of nitrogens with one attached hydrogen (secondary N) is 1. The average molecular weight is 283 g/mol. The first-order valence-corrected chi connectivity index (χ1v) is 7.50. The third-order valence-corrected chi connectivity index (χ3v) is 3.52. The number of nitriles is 1. The van der Waals surface area contributed by atoms with Gasteiger partial charge in [-0.25, -0.2) is 0 Å². The van der Waals surface area contributed by atoms with Gasteiger partial charge in [0.25, 0.3) is 0 Å². The minimum Gasteiger partial charge on any atom is -0.487 e. The zero-order chi connectivity index (χ0) is 14.9. The van der Waals surface area contributed by atoms with E-state index < -0.39 is 0 Å². The van der Waals surface area contributed by atoms with Crippen LogP contribution in [0.1, 0.15) is 44.6 Å². The van der Waals surface area contributed by atoms with E-state index in [4.69, 9.17) is 10.00 Å². The van der Waals surface area contributed by atoms with Crippen molar-refractivity contribution in [2.24, 2.45) is 0 Å². The van der Waals surface area contributed by atoms with E-state index in [9.17, 15) is 0 Å². The zero-order valence-electron chi connectivity index (χ0n) is 12.4. The van der Waals surface area contributed by atoms with Crippen LogP contribution >= 0.6 is 0 Å². The van der Waals surface area contributed by atoms with Crippen LogP contribution in [0.15, 0.2) is 18.5 Å². The van der Waals surface area contributed by atoms with Crippen molar-refractivity contribution in [3.05, 3.63) is 24.0 Å². The van der Waals surface area contributed by atoms with Crippen molar-refractivity contribution < 1.29 is 4.74 Å². The Balaban J connectivity index is 1.89. The topological polar surface area (TPSA) is 57.9 Å². The van der Waals surface area contributed by atoms with Crippen molar-refractivity contribution >= 4 is 0 Å². The lowest BCUT2D eigenvalue weighted by Crippen LogP contribution is -2.36. The van der Waals surface area contributed by atoms with Crippen LogP contribution in [0.25, 0.3) is 0 Å². The van der Waals surface area contributed by atoms with Gasteiger partial charge >= 0.3 is 0 Å². The zero-order valence-corrected chi connectivity index (χ0v) is 12.4. The van der Waals surface area contributed by atoms with Gasteiger partial charge in [-0.15, -0.1) is 0 Å².